The molecule has 2 aromatic rings. The molecule has 0 aromatic heterocycles. The predicted molar refractivity (Wildman–Crippen MR) is 144 cm³/mol. The maximum atomic E-state index is 12.5. The third-order valence-corrected chi connectivity index (χ3v) is 6.26. The Kier molecular flexibility index (Phi) is 9.84. The second-order valence-electron chi connectivity index (χ2n) is 8.62. The molecule has 2 aromatic carbocycles. The van der Waals surface area contributed by atoms with Crippen molar-refractivity contribution in [3.8, 4) is 5.75 Å². The maximum Gasteiger partial charge on any atom is 0.223 e. The molecular weight excluding hydrogens is 527 g/mol. The molecule has 2 unspecified atom stereocenters. The van der Waals surface area contributed by atoms with E-state index < -0.39 is 0 Å². The normalized spacial score (nSPS) is 20.0. The Morgan fingerprint density at radius 1 is 1.12 bits per heavy atom. The molecule has 0 spiro atoms. The van der Waals surface area contributed by atoms with Crippen molar-refractivity contribution in [3.05, 3.63) is 65.7 Å². The van der Waals surface area contributed by atoms with Gasteiger partial charge in [-0.05, 0) is 37.0 Å². The molecule has 6 nitrogen and oxygen atoms in total. The summed E-state index contributed by atoms with van der Waals surface area (Å²) in [5, 5.41) is 6.86. The zero-order chi connectivity index (χ0) is 22.2. The lowest BCUT2D eigenvalue weighted by Crippen LogP contribution is -2.40. The van der Waals surface area contributed by atoms with Crippen LogP contribution in [0.3, 0.4) is 0 Å². The highest BCUT2D eigenvalue weighted by atomic mass is 127. The van der Waals surface area contributed by atoms with Crippen LogP contribution >= 0.6 is 24.0 Å². The molecule has 1 fully saturated rings. The molecule has 0 bridgehead atoms. The molecule has 2 N–H and O–H groups in total. The van der Waals surface area contributed by atoms with Crippen LogP contribution in [0.25, 0.3) is 0 Å². The SMILES string of the molecule is CCNC(=NCC1CC(=O)N(CCc2ccccc2)C1)NCC1CCOc2ccccc21.I. The zero-order valence-electron chi connectivity index (χ0n) is 19.3. The number of amides is 1. The molecule has 33 heavy (non-hydrogen) atoms. The number of nitrogens with one attached hydrogen (secondary N) is 2. The Morgan fingerprint density at radius 2 is 1.91 bits per heavy atom. The summed E-state index contributed by atoms with van der Waals surface area (Å²) in [7, 11) is 0. The van der Waals surface area contributed by atoms with Crippen LogP contribution in [0.1, 0.15) is 36.8 Å². The van der Waals surface area contributed by atoms with Gasteiger partial charge in [0.1, 0.15) is 5.75 Å². The molecule has 2 atom stereocenters. The summed E-state index contributed by atoms with van der Waals surface area (Å²) in [4.78, 5) is 19.3. The lowest BCUT2D eigenvalue weighted by atomic mass is 9.93. The second kappa shape index (κ2) is 12.8. The Hall–Kier alpha value is -2.29. The number of carbonyl (C=O) groups excluding carboxylic acids is 1. The number of para-hydroxylation sites is 1. The van der Waals surface area contributed by atoms with Crippen molar-refractivity contribution >= 4 is 35.8 Å². The fraction of sp³-hybridized carbons (Fsp3) is 0.462. The number of ether oxygens (including phenoxy) is 1. The van der Waals surface area contributed by atoms with Gasteiger partial charge in [-0.1, -0.05) is 48.5 Å². The van der Waals surface area contributed by atoms with E-state index in [1.807, 2.05) is 35.2 Å². The van der Waals surface area contributed by atoms with Crippen LogP contribution in [0, 0.1) is 5.92 Å². The van der Waals surface area contributed by atoms with Gasteiger partial charge in [-0.3, -0.25) is 9.79 Å². The molecule has 2 heterocycles. The summed E-state index contributed by atoms with van der Waals surface area (Å²) in [5.74, 6) is 2.75. The lowest BCUT2D eigenvalue weighted by Gasteiger charge is -2.26. The third kappa shape index (κ3) is 7.09. The number of fused-ring (bicyclic) bond motifs is 1. The zero-order valence-corrected chi connectivity index (χ0v) is 21.7. The van der Waals surface area contributed by atoms with Gasteiger partial charge < -0.3 is 20.3 Å². The van der Waals surface area contributed by atoms with E-state index in [1.54, 1.807) is 0 Å². The van der Waals surface area contributed by atoms with Crippen LogP contribution in [0.15, 0.2) is 59.6 Å². The van der Waals surface area contributed by atoms with Gasteiger partial charge >= 0.3 is 0 Å². The average molecular weight is 562 g/mol. The van der Waals surface area contributed by atoms with Crippen molar-refractivity contribution in [1.82, 2.24) is 15.5 Å². The number of carbonyl (C=O) groups is 1. The first kappa shape index (κ1) is 25.3. The van der Waals surface area contributed by atoms with E-state index in [0.717, 1.165) is 57.3 Å². The van der Waals surface area contributed by atoms with Crippen molar-refractivity contribution in [1.29, 1.82) is 0 Å². The molecule has 0 saturated carbocycles. The maximum absolute atomic E-state index is 12.5. The van der Waals surface area contributed by atoms with Crippen molar-refractivity contribution in [3.63, 3.8) is 0 Å². The highest BCUT2D eigenvalue weighted by molar-refractivity contribution is 14.0. The van der Waals surface area contributed by atoms with E-state index in [-0.39, 0.29) is 35.8 Å². The molecule has 0 aliphatic carbocycles. The summed E-state index contributed by atoms with van der Waals surface area (Å²) in [5.41, 5.74) is 2.53. The van der Waals surface area contributed by atoms with Gasteiger partial charge in [0, 0.05) is 51.0 Å². The first-order valence-corrected chi connectivity index (χ1v) is 11.8. The quantitative estimate of drug-likeness (QED) is 0.292. The van der Waals surface area contributed by atoms with E-state index >= 15 is 0 Å². The number of benzene rings is 2. The Morgan fingerprint density at radius 3 is 2.73 bits per heavy atom. The number of hydrogen-bond donors (Lipinski definition) is 2. The summed E-state index contributed by atoms with van der Waals surface area (Å²) in [6.45, 7) is 6.69. The minimum atomic E-state index is 0. The van der Waals surface area contributed by atoms with Gasteiger partial charge in [0.15, 0.2) is 5.96 Å². The van der Waals surface area contributed by atoms with Crippen molar-refractivity contribution in [2.75, 3.05) is 39.3 Å². The first-order chi connectivity index (χ1) is 15.7. The Labute approximate surface area is 214 Å². The largest absolute Gasteiger partial charge is 0.493 e. The summed E-state index contributed by atoms with van der Waals surface area (Å²) in [6.07, 6.45) is 2.49. The van der Waals surface area contributed by atoms with Crippen LogP contribution in [0.4, 0.5) is 0 Å². The monoisotopic (exact) mass is 562 g/mol. The molecule has 2 aliphatic heterocycles. The van der Waals surface area contributed by atoms with E-state index in [0.29, 0.717) is 18.9 Å². The van der Waals surface area contributed by atoms with Gasteiger partial charge in [0.2, 0.25) is 5.91 Å². The third-order valence-electron chi connectivity index (χ3n) is 6.26. The van der Waals surface area contributed by atoms with Crippen molar-refractivity contribution in [2.45, 2.75) is 32.1 Å². The standard InChI is InChI=1S/C26H34N4O2.HI/c1-2-27-26(29-18-22-13-15-32-24-11-7-6-10-23(22)24)28-17-21-16-25(31)30(19-21)14-12-20-8-4-3-5-9-20;/h3-11,21-22H,2,12-19H2,1H3,(H2,27,28,29);1H. The van der Waals surface area contributed by atoms with Crippen LogP contribution < -0.4 is 15.4 Å². The fourth-order valence-electron chi connectivity index (χ4n) is 4.51. The molecule has 2 aliphatic rings. The Balaban J connectivity index is 0.00000306. The number of halogens is 1. The number of aliphatic imine (C=N–C) groups is 1. The molecule has 1 amide bonds. The van der Waals surface area contributed by atoms with Gasteiger partial charge in [-0.2, -0.15) is 0 Å². The smallest absolute Gasteiger partial charge is 0.223 e. The first-order valence-electron chi connectivity index (χ1n) is 11.8. The van der Waals surface area contributed by atoms with Crippen LogP contribution in [-0.2, 0) is 11.2 Å². The minimum absolute atomic E-state index is 0. The van der Waals surface area contributed by atoms with Crippen molar-refractivity contribution in [2.24, 2.45) is 10.9 Å². The van der Waals surface area contributed by atoms with E-state index in [4.69, 9.17) is 9.73 Å². The molecule has 0 radical (unpaired) electrons. The van der Waals surface area contributed by atoms with Gasteiger partial charge in [0.25, 0.3) is 0 Å². The fourth-order valence-corrected chi connectivity index (χ4v) is 4.51. The van der Waals surface area contributed by atoms with Gasteiger partial charge in [0.05, 0.1) is 6.61 Å². The number of rotatable bonds is 8. The van der Waals surface area contributed by atoms with E-state index in [9.17, 15) is 4.79 Å². The summed E-state index contributed by atoms with van der Waals surface area (Å²) < 4.78 is 5.78. The Bertz CT molecular complexity index is 922. The van der Waals surface area contributed by atoms with Gasteiger partial charge in [-0.15, -0.1) is 24.0 Å². The van der Waals surface area contributed by atoms with Crippen molar-refractivity contribution < 1.29 is 9.53 Å². The molecule has 178 valence electrons. The second-order valence-corrected chi connectivity index (χ2v) is 8.62. The van der Waals surface area contributed by atoms with E-state index in [1.165, 1.54) is 11.1 Å². The van der Waals surface area contributed by atoms with Crippen LogP contribution in [0.2, 0.25) is 0 Å². The lowest BCUT2D eigenvalue weighted by molar-refractivity contribution is -0.127. The van der Waals surface area contributed by atoms with Crippen LogP contribution in [-0.4, -0.2) is 56.1 Å². The number of hydrogen-bond acceptors (Lipinski definition) is 3. The predicted octanol–water partition coefficient (Wildman–Crippen LogP) is 3.82. The molecular formula is C26H35IN4O2. The molecule has 7 heteroatoms. The summed E-state index contributed by atoms with van der Waals surface area (Å²) in [6, 6.07) is 18.6. The van der Waals surface area contributed by atoms with E-state index in [2.05, 4.69) is 41.8 Å². The van der Waals surface area contributed by atoms with Gasteiger partial charge in [-0.25, -0.2) is 0 Å². The highest BCUT2D eigenvalue weighted by Crippen LogP contribution is 2.32. The average Bonchev–Trinajstić information content (AvgIpc) is 3.19. The topological polar surface area (TPSA) is 66.0 Å². The number of likely N-dealkylation sites (tertiary alicyclic amines) is 1. The molecule has 4 rings (SSSR count). The molecule has 1 saturated heterocycles. The minimum Gasteiger partial charge on any atom is -0.493 e. The number of guanidine groups is 1. The highest BCUT2D eigenvalue weighted by Gasteiger charge is 2.29. The van der Waals surface area contributed by atoms with Crippen LogP contribution in [0.5, 0.6) is 5.75 Å². The summed E-state index contributed by atoms with van der Waals surface area (Å²) >= 11 is 0. The number of nitrogens with zero attached hydrogens (tertiary/aromatic N) is 2.